The van der Waals surface area contributed by atoms with Gasteiger partial charge in [0.15, 0.2) is 0 Å². The fourth-order valence-electron chi connectivity index (χ4n) is 1.58. The summed E-state index contributed by atoms with van der Waals surface area (Å²) in [5.74, 6) is 0.582. The SMILES string of the molecule is CCC[C@@H](O)[C@@H](N)c1ccc(Cl)c(OC)c1.Cl. The van der Waals surface area contributed by atoms with Gasteiger partial charge in [-0.15, -0.1) is 12.4 Å². The van der Waals surface area contributed by atoms with Crippen LogP contribution in [0.1, 0.15) is 31.4 Å². The van der Waals surface area contributed by atoms with Gasteiger partial charge in [0.05, 0.1) is 24.3 Å². The van der Waals surface area contributed by atoms with Crippen LogP contribution >= 0.6 is 24.0 Å². The van der Waals surface area contributed by atoms with Crippen molar-refractivity contribution in [3.63, 3.8) is 0 Å². The quantitative estimate of drug-likeness (QED) is 0.872. The summed E-state index contributed by atoms with van der Waals surface area (Å²) in [4.78, 5) is 0. The number of ether oxygens (including phenoxy) is 1. The van der Waals surface area contributed by atoms with E-state index in [4.69, 9.17) is 22.1 Å². The van der Waals surface area contributed by atoms with Gasteiger partial charge < -0.3 is 15.6 Å². The number of aliphatic hydroxyl groups excluding tert-OH is 1. The summed E-state index contributed by atoms with van der Waals surface area (Å²) in [5, 5.41) is 10.4. The zero-order valence-corrected chi connectivity index (χ0v) is 11.6. The predicted molar refractivity (Wildman–Crippen MR) is 73.1 cm³/mol. The lowest BCUT2D eigenvalue weighted by Crippen LogP contribution is -2.25. The molecular weight excluding hydrogens is 261 g/mol. The third-order valence-electron chi connectivity index (χ3n) is 2.56. The molecule has 0 aromatic heterocycles. The Balaban J connectivity index is 0.00000256. The number of hydrogen-bond donors (Lipinski definition) is 2. The van der Waals surface area contributed by atoms with Crippen LogP contribution in [0.2, 0.25) is 5.02 Å². The van der Waals surface area contributed by atoms with Gasteiger partial charge in [0, 0.05) is 0 Å². The lowest BCUT2D eigenvalue weighted by Gasteiger charge is -2.19. The van der Waals surface area contributed by atoms with Crippen LogP contribution in [0.25, 0.3) is 0 Å². The molecule has 1 aromatic rings. The summed E-state index contributed by atoms with van der Waals surface area (Å²) in [6.07, 6.45) is 1.06. The molecule has 98 valence electrons. The molecule has 1 rings (SSSR count). The van der Waals surface area contributed by atoms with Gasteiger partial charge >= 0.3 is 0 Å². The van der Waals surface area contributed by atoms with E-state index in [2.05, 4.69) is 0 Å². The molecule has 0 spiro atoms. The van der Waals surface area contributed by atoms with E-state index in [1.807, 2.05) is 13.0 Å². The number of nitrogens with two attached hydrogens (primary N) is 1. The number of methoxy groups -OCH3 is 1. The molecule has 0 bridgehead atoms. The number of aliphatic hydroxyl groups is 1. The number of halogens is 2. The highest BCUT2D eigenvalue weighted by Gasteiger charge is 2.17. The topological polar surface area (TPSA) is 55.5 Å². The van der Waals surface area contributed by atoms with E-state index in [0.29, 0.717) is 17.2 Å². The van der Waals surface area contributed by atoms with Crippen LogP contribution in [0.4, 0.5) is 0 Å². The second-order valence-corrected chi connectivity index (χ2v) is 4.18. The van der Waals surface area contributed by atoms with Gasteiger partial charge in [-0.25, -0.2) is 0 Å². The molecule has 0 amide bonds. The zero-order valence-electron chi connectivity index (χ0n) is 10.0. The summed E-state index contributed by atoms with van der Waals surface area (Å²) in [6.45, 7) is 2.01. The molecule has 0 fully saturated rings. The van der Waals surface area contributed by atoms with E-state index in [1.165, 1.54) is 0 Å². The minimum absolute atomic E-state index is 0. The second kappa shape index (κ2) is 7.77. The van der Waals surface area contributed by atoms with Crippen LogP contribution in [0, 0.1) is 0 Å². The van der Waals surface area contributed by atoms with Crippen molar-refractivity contribution in [1.29, 1.82) is 0 Å². The third-order valence-corrected chi connectivity index (χ3v) is 2.87. The average Bonchev–Trinajstić information content (AvgIpc) is 2.29. The van der Waals surface area contributed by atoms with Crippen molar-refractivity contribution >= 4 is 24.0 Å². The van der Waals surface area contributed by atoms with Gasteiger partial charge in [-0.1, -0.05) is 31.0 Å². The lowest BCUT2D eigenvalue weighted by atomic mass is 9.99. The fourth-order valence-corrected chi connectivity index (χ4v) is 1.78. The van der Waals surface area contributed by atoms with E-state index in [-0.39, 0.29) is 12.4 Å². The van der Waals surface area contributed by atoms with E-state index >= 15 is 0 Å². The van der Waals surface area contributed by atoms with Gasteiger partial charge in [0.2, 0.25) is 0 Å². The third kappa shape index (κ3) is 4.36. The molecule has 2 atom stereocenters. The first-order valence-corrected chi connectivity index (χ1v) is 5.75. The molecule has 0 unspecified atom stereocenters. The van der Waals surface area contributed by atoms with Crippen molar-refractivity contribution < 1.29 is 9.84 Å². The fraction of sp³-hybridized carbons (Fsp3) is 0.500. The molecule has 1 aromatic carbocycles. The smallest absolute Gasteiger partial charge is 0.137 e. The van der Waals surface area contributed by atoms with Crippen molar-refractivity contribution in [2.75, 3.05) is 7.11 Å². The van der Waals surface area contributed by atoms with Crippen LogP contribution in [-0.2, 0) is 0 Å². The molecule has 3 N–H and O–H groups in total. The lowest BCUT2D eigenvalue weighted by molar-refractivity contribution is 0.134. The highest BCUT2D eigenvalue weighted by molar-refractivity contribution is 6.32. The monoisotopic (exact) mass is 279 g/mol. The maximum absolute atomic E-state index is 9.81. The first kappa shape index (κ1) is 16.5. The second-order valence-electron chi connectivity index (χ2n) is 3.78. The van der Waals surface area contributed by atoms with Gasteiger partial charge in [0.25, 0.3) is 0 Å². The molecular formula is C12H19Cl2NO2. The molecule has 5 heteroatoms. The minimum Gasteiger partial charge on any atom is -0.495 e. The van der Waals surface area contributed by atoms with Crippen LogP contribution in [0.3, 0.4) is 0 Å². The van der Waals surface area contributed by atoms with E-state index in [1.54, 1.807) is 19.2 Å². The van der Waals surface area contributed by atoms with Crippen LogP contribution in [0.15, 0.2) is 18.2 Å². The molecule has 0 aliphatic heterocycles. The number of rotatable bonds is 5. The molecule has 0 aliphatic rings. The first-order chi connectivity index (χ1) is 7.60. The Kier molecular flexibility index (Phi) is 7.55. The summed E-state index contributed by atoms with van der Waals surface area (Å²) in [7, 11) is 1.55. The van der Waals surface area contributed by atoms with E-state index in [0.717, 1.165) is 12.0 Å². The molecule has 3 nitrogen and oxygen atoms in total. The predicted octanol–water partition coefficient (Wildman–Crippen LogP) is 2.93. The van der Waals surface area contributed by atoms with Crippen LogP contribution in [-0.4, -0.2) is 18.3 Å². The zero-order chi connectivity index (χ0) is 12.1. The van der Waals surface area contributed by atoms with Gasteiger partial charge in [0.1, 0.15) is 5.75 Å². The Morgan fingerprint density at radius 2 is 2.12 bits per heavy atom. The summed E-state index contributed by atoms with van der Waals surface area (Å²) in [5.41, 5.74) is 6.78. The van der Waals surface area contributed by atoms with Crippen molar-refractivity contribution in [3.05, 3.63) is 28.8 Å². The Labute approximate surface area is 113 Å². The molecule has 0 radical (unpaired) electrons. The summed E-state index contributed by atoms with van der Waals surface area (Å²) >= 11 is 5.91. The first-order valence-electron chi connectivity index (χ1n) is 5.37. The molecule has 0 heterocycles. The van der Waals surface area contributed by atoms with Crippen molar-refractivity contribution in [1.82, 2.24) is 0 Å². The van der Waals surface area contributed by atoms with Crippen molar-refractivity contribution in [3.8, 4) is 5.75 Å². The standard InChI is InChI=1S/C12H18ClNO2.ClH/c1-3-4-10(15)12(14)8-5-6-9(13)11(7-8)16-2;/h5-7,10,12,15H,3-4,14H2,1-2H3;1H/t10-,12+;/m1./s1. The van der Waals surface area contributed by atoms with Crippen molar-refractivity contribution in [2.24, 2.45) is 5.73 Å². The number of benzene rings is 1. The van der Waals surface area contributed by atoms with Gasteiger partial charge in [-0.3, -0.25) is 0 Å². The van der Waals surface area contributed by atoms with Crippen LogP contribution < -0.4 is 10.5 Å². The maximum atomic E-state index is 9.81. The minimum atomic E-state index is -0.532. The molecule has 0 aliphatic carbocycles. The Morgan fingerprint density at radius 3 is 2.65 bits per heavy atom. The number of hydrogen-bond acceptors (Lipinski definition) is 3. The van der Waals surface area contributed by atoms with Gasteiger partial charge in [-0.2, -0.15) is 0 Å². The molecule has 0 saturated heterocycles. The molecule has 0 saturated carbocycles. The highest BCUT2D eigenvalue weighted by atomic mass is 35.5. The summed E-state index contributed by atoms with van der Waals surface area (Å²) < 4.78 is 5.11. The Hall–Kier alpha value is -0.480. The van der Waals surface area contributed by atoms with Crippen LogP contribution in [0.5, 0.6) is 5.75 Å². The summed E-state index contributed by atoms with van der Waals surface area (Å²) in [6, 6.07) is 4.92. The Morgan fingerprint density at radius 1 is 1.47 bits per heavy atom. The normalized spacial score (nSPS) is 13.7. The molecule has 17 heavy (non-hydrogen) atoms. The highest BCUT2D eigenvalue weighted by Crippen LogP contribution is 2.28. The van der Waals surface area contributed by atoms with Crippen molar-refractivity contribution in [2.45, 2.75) is 31.9 Å². The van der Waals surface area contributed by atoms with E-state index < -0.39 is 12.1 Å². The largest absolute Gasteiger partial charge is 0.495 e. The maximum Gasteiger partial charge on any atom is 0.137 e. The van der Waals surface area contributed by atoms with Gasteiger partial charge in [-0.05, 0) is 24.1 Å². The Bertz CT molecular complexity index is 347. The van der Waals surface area contributed by atoms with E-state index in [9.17, 15) is 5.11 Å². The average molecular weight is 280 g/mol.